The van der Waals surface area contributed by atoms with Crippen molar-refractivity contribution in [1.82, 2.24) is 15.6 Å². The van der Waals surface area contributed by atoms with Gasteiger partial charge in [-0.25, -0.2) is 4.79 Å². The van der Waals surface area contributed by atoms with E-state index < -0.39 is 17.9 Å². The average Bonchev–Trinajstić information content (AvgIpc) is 3.24. The van der Waals surface area contributed by atoms with E-state index in [1.165, 1.54) is 25.3 Å². The Labute approximate surface area is 177 Å². The van der Waals surface area contributed by atoms with Crippen LogP contribution in [0.25, 0.3) is 10.9 Å². The van der Waals surface area contributed by atoms with Crippen LogP contribution in [0, 0.1) is 0 Å². The summed E-state index contributed by atoms with van der Waals surface area (Å²) in [5.74, 6) is -1.58. The summed E-state index contributed by atoms with van der Waals surface area (Å²) in [6.07, 6.45) is 1.84. The highest BCUT2D eigenvalue weighted by molar-refractivity contribution is 6.34. The zero-order chi connectivity index (χ0) is 21.7. The maximum absolute atomic E-state index is 12.5. The van der Waals surface area contributed by atoms with Gasteiger partial charge in [-0.05, 0) is 35.9 Å². The van der Waals surface area contributed by atoms with Crippen molar-refractivity contribution < 1.29 is 19.1 Å². The molecule has 5 N–H and O–H groups in total. The minimum atomic E-state index is -0.988. The van der Waals surface area contributed by atoms with Gasteiger partial charge in [0.25, 0.3) is 11.8 Å². The fourth-order valence-corrected chi connectivity index (χ4v) is 3.28. The zero-order valence-electron chi connectivity index (χ0n) is 16.2. The summed E-state index contributed by atoms with van der Waals surface area (Å²) >= 11 is 6.20. The summed E-state index contributed by atoms with van der Waals surface area (Å²) in [5, 5.41) is 6.41. The van der Waals surface area contributed by atoms with E-state index in [-0.39, 0.29) is 23.0 Å². The first-order chi connectivity index (χ1) is 14.4. The number of hydrogen-bond donors (Lipinski definition) is 4. The Balaban J connectivity index is 1.68. The number of halogens is 1. The van der Waals surface area contributed by atoms with E-state index in [1.54, 1.807) is 0 Å². The number of amides is 2. The second-order valence-corrected chi connectivity index (χ2v) is 6.93. The molecule has 0 aliphatic rings. The SMILES string of the molecule is COC(=O)C(CN)NC(=O)c1ccc(C(=O)NCc2cccc3[nH]ccc23)cc1Cl. The third-order valence-corrected chi connectivity index (χ3v) is 4.94. The summed E-state index contributed by atoms with van der Waals surface area (Å²) in [4.78, 5) is 39.6. The molecule has 30 heavy (non-hydrogen) atoms. The summed E-state index contributed by atoms with van der Waals surface area (Å²) in [7, 11) is 1.20. The quantitative estimate of drug-likeness (QED) is 0.428. The Morgan fingerprint density at radius 1 is 1.17 bits per heavy atom. The van der Waals surface area contributed by atoms with E-state index in [9.17, 15) is 14.4 Å². The average molecular weight is 429 g/mol. The number of nitrogens with two attached hydrogens (primary N) is 1. The minimum absolute atomic E-state index is 0.0773. The number of H-pyrrole nitrogens is 1. The molecule has 0 saturated heterocycles. The summed E-state index contributed by atoms with van der Waals surface area (Å²) in [6, 6.07) is 11.1. The predicted octanol–water partition coefficient (Wildman–Crippen LogP) is 1.98. The second kappa shape index (κ2) is 9.43. The van der Waals surface area contributed by atoms with Crippen molar-refractivity contribution >= 4 is 40.3 Å². The first-order valence-corrected chi connectivity index (χ1v) is 9.54. The van der Waals surface area contributed by atoms with Crippen LogP contribution in [-0.2, 0) is 16.1 Å². The molecule has 0 aliphatic heterocycles. The van der Waals surface area contributed by atoms with Crippen LogP contribution in [0.5, 0.6) is 0 Å². The van der Waals surface area contributed by atoms with E-state index in [0.29, 0.717) is 12.1 Å². The normalized spacial score (nSPS) is 11.7. The van der Waals surface area contributed by atoms with Crippen molar-refractivity contribution in [3.63, 3.8) is 0 Å². The van der Waals surface area contributed by atoms with Crippen LogP contribution in [0.15, 0.2) is 48.7 Å². The van der Waals surface area contributed by atoms with E-state index in [0.717, 1.165) is 16.5 Å². The summed E-state index contributed by atoms with van der Waals surface area (Å²) in [5.41, 5.74) is 7.87. The molecule has 156 valence electrons. The lowest BCUT2D eigenvalue weighted by Gasteiger charge is -2.15. The van der Waals surface area contributed by atoms with Gasteiger partial charge >= 0.3 is 5.97 Å². The molecule has 0 saturated carbocycles. The van der Waals surface area contributed by atoms with Crippen molar-refractivity contribution in [2.45, 2.75) is 12.6 Å². The molecular weight excluding hydrogens is 408 g/mol. The highest BCUT2D eigenvalue weighted by atomic mass is 35.5. The number of esters is 1. The molecule has 1 unspecified atom stereocenters. The number of carbonyl (C=O) groups excluding carboxylic acids is 3. The summed E-state index contributed by atoms with van der Waals surface area (Å²) in [6.45, 7) is 0.218. The van der Waals surface area contributed by atoms with E-state index in [4.69, 9.17) is 17.3 Å². The monoisotopic (exact) mass is 428 g/mol. The molecule has 0 radical (unpaired) electrons. The Morgan fingerprint density at radius 3 is 2.67 bits per heavy atom. The van der Waals surface area contributed by atoms with Gasteiger partial charge in [-0.3, -0.25) is 9.59 Å². The Morgan fingerprint density at radius 2 is 1.97 bits per heavy atom. The standard InChI is InChI=1S/C21H21ClN4O4/c1-30-21(29)18(10-23)26-20(28)15-6-5-12(9-16(15)22)19(27)25-11-13-3-2-4-17-14(13)7-8-24-17/h2-9,18,24H,10-11,23H2,1H3,(H,25,27)(H,26,28). The highest BCUT2D eigenvalue weighted by Gasteiger charge is 2.22. The third kappa shape index (κ3) is 4.61. The highest BCUT2D eigenvalue weighted by Crippen LogP contribution is 2.20. The van der Waals surface area contributed by atoms with Crippen molar-refractivity contribution in [1.29, 1.82) is 0 Å². The Hall–Kier alpha value is -3.36. The van der Waals surface area contributed by atoms with E-state index in [1.807, 2.05) is 30.5 Å². The van der Waals surface area contributed by atoms with Crippen LogP contribution in [0.1, 0.15) is 26.3 Å². The number of fused-ring (bicyclic) bond motifs is 1. The molecule has 1 atom stereocenters. The number of rotatable bonds is 7. The van der Waals surface area contributed by atoms with Crippen LogP contribution in [-0.4, -0.2) is 42.5 Å². The largest absolute Gasteiger partial charge is 0.467 e. The molecule has 0 fully saturated rings. The number of methoxy groups -OCH3 is 1. The molecule has 1 aromatic heterocycles. The molecule has 0 aliphatic carbocycles. The summed E-state index contributed by atoms with van der Waals surface area (Å²) < 4.78 is 4.58. The van der Waals surface area contributed by atoms with Gasteiger partial charge in [0.15, 0.2) is 0 Å². The molecule has 0 spiro atoms. The molecule has 3 rings (SSSR count). The number of benzene rings is 2. The van der Waals surface area contributed by atoms with Crippen molar-refractivity contribution in [2.24, 2.45) is 5.73 Å². The van der Waals surface area contributed by atoms with Crippen LogP contribution >= 0.6 is 11.6 Å². The van der Waals surface area contributed by atoms with E-state index in [2.05, 4.69) is 20.4 Å². The Bertz CT molecular complexity index is 1100. The zero-order valence-corrected chi connectivity index (χ0v) is 17.0. The second-order valence-electron chi connectivity index (χ2n) is 6.52. The molecule has 8 nitrogen and oxygen atoms in total. The fourth-order valence-electron chi connectivity index (χ4n) is 3.02. The van der Waals surface area contributed by atoms with Gasteiger partial charge in [0.05, 0.1) is 17.7 Å². The molecule has 0 bridgehead atoms. The van der Waals surface area contributed by atoms with Crippen molar-refractivity contribution in [3.05, 3.63) is 70.4 Å². The number of aromatic amines is 1. The number of nitrogens with one attached hydrogen (secondary N) is 3. The third-order valence-electron chi connectivity index (χ3n) is 4.63. The topological polar surface area (TPSA) is 126 Å². The first kappa shape index (κ1) is 21.4. The molecule has 1 heterocycles. The lowest BCUT2D eigenvalue weighted by Crippen LogP contribution is -2.46. The number of hydrogen-bond acceptors (Lipinski definition) is 5. The fraction of sp³-hybridized carbons (Fsp3) is 0.190. The van der Waals surface area contributed by atoms with Crippen molar-refractivity contribution in [3.8, 4) is 0 Å². The van der Waals surface area contributed by atoms with Crippen LogP contribution in [0.2, 0.25) is 5.02 Å². The molecular formula is C21H21ClN4O4. The lowest BCUT2D eigenvalue weighted by atomic mass is 10.1. The molecule has 3 aromatic rings. The Kier molecular flexibility index (Phi) is 6.71. The lowest BCUT2D eigenvalue weighted by molar-refractivity contribution is -0.142. The molecule has 2 amide bonds. The maximum atomic E-state index is 12.5. The predicted molar refractivity (Wildman–Crippen MR) is 113 cm³/mol. The van der Waals surface area contributed by atoms with Gasteiger partial charge in [-0.15, -0.1) is 0 Å². The van der Waals surface area contributed by atoms with Gasteiger partial charge in [0, 0.05) is 35.8 Å². The smallest absolute Gasteiger partial charge is 0.329 e. The molecule has 2 aromatic carbocycles. The van der Waals surface area contributed by atoms with Crippen LogP contribution in [0.3, 0.4) is 0 Å². The van der Waals surface area contributed by atoms with E-state index >= 15 is 0 Å². The van der Waals surface area contributed by atoms with Gasteiger partial charge in [0.1, 0.15) is 6.04 Å². The maximum Gasteiger partial charge on any atom is 0.329 e. The number of aromatic nitrogens is 1. The number of carbonyl (C=O) groups is 3. The van der Waals surface area contributed by atoms with Crippen LogP contribution in [0.4, 0.5) is 0 Å². The van der Waals surface area contributed by atoms with Gasteiger partial charge in [0.2, 0.25) is 0 Å². The van der Waals surface area contributed by atoms with Gasteiger partial charge < -0.3 is 26.1 Å². The first-order valence-electron chi connectivity index (χ1n) is 9.16. The number of ether oxygens (including phenoxy) is 1. The van der Waals surface area contributed by atoms with Gasteiger partial charge in [-0.2, -0.15) is 0 Å². The molecule has 9 heteroatoms. The van der Waals surface area contributed by atoms with Gasteiger partial charge in [-0.1, -0.05) is 23.7 Å². The van der Waals surface area contributed by atoms with Crippen molar-refractivity contribution in [2.75, 3.05) is 13.7 Å². The minimum Gasteiger partial charge on any atom is -0.467 e. The van der Waals surface area contributed by atoms with Crippen LogP contribution < -0.4 is 16.4 Å².